The van der Waals surface area contributed by atoms with Gasteiger partial charge in [-0.25, -0.2) is 18.5 Å². The van der Waals surface area contributed by atoms with Crippen LogP contribution in [0.5, 0.6) is 0 Å². The Morgan fingerprint density at radius 3 is 2.31 bits per heavy atom. The Bertz CT molecular complexity index is 2540. The first-order valence-corrected chi connectivity index (χ1v) is 23.2. The first-order chi connectivity index (χ1) is 30.5. The number of benzene rings is 3. The van der Waals surface area contributed by atoms with Gasteiger partial charge >= 0.3 is 0 Å². The number of hydrogen-bond donors (Lipinski definition) is 5. The molecule has 0 bridgehead atoms. The molecule has 4 aromatic rings. The van der Waals surface area contributed by atoms with Crippen LogP contribution in [0.2, 0.25) is 0 Å². The molecule has 0 spiro atoms. The number of primary sulfonamides is 1. The summed E-state index contributed by atoms with van der Waals surface area (Å²) in [6.45, 7) is 10.8. The summed E-state index contributed by atoms with van der Waals surface area (Å²) in [4.78, 5) is 78.8. The Kier molecular flexibility index (Phi) is 13.8. The summed E-state index contributed by atoms with van der Waals surface area (Å²) in [5.41, 5.74) is 4.15. The lowest BCUT2D eigenvalue weighted by atomic mass is 9.85. The quantitative estimate of drug-likeness (QED) is 0.0789. The van der Waals surface area contributed by atoms with E-state index in [2.05, 4.69) is 31.2 Å². The van der Waals surface area contributed by atoms with Crippen LogP contribution in [0.25, 0.3) is 0 Å². The molecular weight excluding hydrogens is 837 g/mol. The highest BCUT2D eigenvalue weighted by Gasteiger charge is 2.45. The molecule has 338 valence electrons. The monoisotopic (exact) mass is 892 g/mol. The van der Waals surface area contributed by atoms with Gasteiger partial charge in [0.15, 0.2) is 0 Å². The zero-order valence-corrected chi connectivity index (χ0v) is 37.5. The van der Waals surface area contributed by atoms with Crippen molar-refractivity contribution in [3.8, 4) is 0 Å². The van der Waals surface area contributed by atoms with E-state index in [-0.39, 0.29) is 23.6 Å². The molecule has 1 aromatic heterocycles. The minimum absolute atomic E-state index is 0.0573. The number of nitrogens with one attached hydrogen (secondary N) is 4. The summed E-state index contributed by atoms with van der Waals surface area (Å²) in [5.74, 6) is -1.06. The lowest BCUT2D eigenvalue weighted by Crippen LogP contribution is -2.60. The van der Waals surface area contributed by atoms with E-state index in [9.17, 15) is 32.4 Å². The molecule has 2 unspecified atom stereocenters. The fourth-order valence-electron chi connectivity index (χ4n) is 8.53. The predicted molar refractivity (Wildman–Crippen MR) is 243 cm³/mol. The first kappa shape index (κ1) is 45.8. The molecule has 4 heterocycles. The van der Waals surface area contributed by atoms with Crippen molar-refractivity contribution >= 4 is 68.4 Å². The van der Waals surface area contributed by atoms with Crippen LogP contribution in [0.3, 0.4) is 0 Å². The molecule has 3 aliphatic rings. The molecule has 5 amide bonds. The molecule has 2 saturated heterocycles. The number of aryl methyl sites for hydroxylation is 1. The number of sulfonamides is 1. The lowest BCUT2D eigenvalue weighted by molar-refractivity contribution is -0.144. The van der Waals surface area contributed by atoms with Crippen LogP contribution >= 0.6 is 0 Å². The fraction of sp³-hybridized carbons (Fsp3) is 0.413. The van der Waals surface area contributed by atoms with Crippen molar-refractivity contribution < 1.29 is 32.4 Å². The average Bonchev–Trinajstić information content (AvgIpc) is 3.25. The molecule has 3 aliphatic heterocycles. The van der Waals surface area contributed by atoms with E-state index in [1.807, 2.05) is 56.9 Å². The van der Waals surface area contributed by atoms with E-state index < -0.39 is 51.2 Å². The number of hydrogen-bond acceptors (Lipinski definition) is 13. The molecular formula is C46H56N10O7S. The molecule has 2 fully saturated rings. The zero-order valence-electron chi connectivity index (χ0n) is 36.6. The highest BCUT2D eigenvalue weighted by Crippen LogP contribution is 2.37. The van der Waals surface area contributed by atoms with Crippen LogP contribution in [0.1, 0.15) is 98.8 Å². The number of fused-ring (bicyclic) bond motifs is 1. The third-order valence-corrected chi connectivity index (χ3v) is 12.8. The number of nitrogens with zero attached hydrogens (tertiary/aromatic N) is 5. The molecule has 0 radical (unpaired) electrons. The molecule has 6 N–H and O–H groups in total. The molecule has 7 rings (SSSR count). The van der Waals surface area contributed by atoms with Crippen LogP contribution in [-0.4, -0.2) is 96.5 Å². The number of imide groups is 2. The van der Waals surface area contributed by atoms with E-state index in [1.165, 1.54) is 6.07 Å². The van der Waals surface area contributed by atoms with Crippen molar-refractivity contribution in [1.29, 1.82) is 0 Å². The van der Waals surface area contributed by atoms with Gasteiger partial charge in [-0.1, -0.05) is 57.9 Å². The van der Waals surface area contributed by atoms with Crippen molar-refractivity contribution in [2.24, 2.45) is 5.14 Å². The van der Waals surface area contributed by atoms with E-state index in [4.69, 9.17) is 10.1 Å². The zero-order chi connectivity index (χ0) is 45.8. The van der Waals surface area contributed by atoms with E-state index in [0.717, 1.165) is 47.5 Å². The van der Waals surface area contributed by atoms with Crippen molar-refractivity contribution in [2.75, 3.05) is 48.3 Å². The van der Waals surface area contributed by atoms with Crippen LogP contribution in [0, 0.1) is 6.92 Å². The van der Waals surface area contributed by atoms with Gasteiger partial charge in [-0.2, -0.15) is 4.98 Å². The Morgan fingerprint density at radius 1 is 0.891 bits per heavy atom. The van der Waals surface area contributed by atoms with Gasteiger partial charge < -0.3 is 25.8 Å². The SMILES string of the molecule is Cc1cnc(Nc2ccc(N3CCN(C(=O)CCCCCCNC4C(=O)N(C5CCC(=O)NC5=O)C(=O)c5ccccc54)CC3)cc2)nc1Nc1cccc(S(N)(=O)=O)c1C(C)(C)C. The number of aromatic nitrogens is 2. The highest BCUT2D eigenvalue weighted by atomic mass is 32.2. The lowest BCUT2D eigenvalue weighted by Gasteiger charge is -2.38. The molecule has 0 aliphatic carbocycles. The van der Waals surface area contributed by atoms with Crippen molar-refractivity contribution in [1.82, 2.24) is 30.4 Å². The summed E-state index contributed by atoms with van der Waals surface area (Å²) in [6, 6.07) is 18.0. The van der Waals surface area contributed by atoms with Crippen LogP contribution < -0.4 is 31.3 Å². The maximum atomic E-state index is 13.6. The number of piperidine rings is 1. The van der Waals surface area contributed by atoms with Gasteiger partial charge in [-0.15, -0.1) is 0 Å². The summed E-state index contributed by atoms with van der Waals surface area (Å²) in [6.07, 6.45) is 5.52. The number of carbonyl (C=O) groups is 5. The Labute approximate surface area is 373 Å². The second-order valence-corrected chi connectivity index (χ2v) is 19.0. The highest BCUT2D eigenvalue weighted by molar-refractivity contribution is 7.89. The third-order valence-electron chi connectivity index (χ3n) is 11.8. The van der Waals surface area contributed by atoms with Gasteiger partial charge in [0.1, 0.15) is 17.9 Å². The van der Waals surface area contributed by atoms with Crippen molar-refractivity contribution in [3.05, 3.63) is 95.2 Å². The standard InChI is InChI=1S/C46H56N10O7S/c1-29-28-49-45(53-41(29)51-34-14-11-15-36(64(47,62)63)39(34)46(2,3)4)50-30-17-19-31(20-18-30)54-24-26-55(27-25-54)38(58)16-7-5-6-10-23-48-40-32-12-8-9-13-33(32)43(60)56(44(40)61)35-21-22-37(57)52-42(35)59/h8-9,11-15,17-20,28,35,40,48H,5-7,10,16,21-27H2,1-4H3,(H2,47,62,63)(H,52,57,59)(H2,49,50,51,53). The normalized spacial score (nSPS) is 18.2. The fourth-order valence-corrected chi connectivity index (χ4v) is 9.50. The van der Waals surface area contributed by atoms with Gasteiger partial charge in [0.05, 0.1) is 4.90 Å². The maximum absolute atomic E-state index is 13.6. The van der Waals surface area contributed by atoms with Crippen LogP contribution in [0.15, 0.2) is 77.8 Å². The van der Waals surface area contributed by atoms with Gasteiger partial charge in [0.2, 0.25) is 33.7 Å². The topological polar surface area (TPSA) is 229 Å². The second kappa shape index (κ2) is 19.2. The van der Waals surface area contributed by atoms with Gasteiger partial charge in [-0.05, 0) is 86.2 Å². The van der Waals surface area contributed by atoms with Gasteiger partial charge in [0, 0.05) is 79.0 Å². The van der Waals surface area contributed by atoms with Crippen LogP contribution in [0.4, 0.5) is 28.8 Å². The molecule has 64 heavy (non-hydrogen) atoms. The minimum Gasteiger partial charge on any atom is -0.368 e. The number of carbonyl (C=O) groups excluding carboxylic acids is 5. The number of rotatable bonds is 15. The second-order valence-electron chi connectivity index (χ2n) is 17.5. The van der Waals surface area contributed by atoms with Gasteiger partial charge in [-0.3, -0.25) is 34.2 Å². The van der Waals surface area contributed by atoms with E-state index >= 15 is 0 Å². The van der Waals surface area contributed by atoms with Crippen LogP contribution in [-0.2, 0) is 34.6 Å². The molecule has 0 saturated carbocycles. The first-order valence-electron chi connectivity index (χ1n) is 21.7. The Morgan fingerprint density at radius 2 is 1.61 bits per heavy atom. The number of nitrogens with two attached hydrogens (primary N) is 1. The Balaban J connectivity index is 0.841. The molecule has 17 nitrogen and oxygen atoms in total. The largest absolute Gasteiger partial charge is 0.368 e. The summed E-state index contributed by atoms with van der Waals surface area (Å²) < 4.78 is 24.9. The average molecular weight is 893 g/mol. The summed E-state index contributed by atoms with van der Waals surface area (Å²) in [7, 11) is -3.96. The van der Waals surface area contributed by atoms with E-state index in [0.29, 0.717) is 73.3 Å². The Hall–Kier alpha value is -6.24. The number of amides is 5. The molecule has 3 aromatic carbocycles. The predicted octanol–water partition coefficient (Wildman–Crippen LogP) is 4.93. The number of piperazine rings is 1. The smallest absolute Gasteiger partial charge is 0.261 e. The maximum Gasteiger partial charge on any atom is 0.261 e. The number of unbranched alkanes of at least 4 members (excludes halogenated alkanes) is 3. The molecule has 2 atom stereocenters. The number of anilines is 5. The summed E-state index contributed by atoms with van der Waals surface area (Å²) >= 11 is 0. The van der Waals surface area contributed by atoms with Gasteiger partial charge in [0.25, 0.3) is 11.8 Å². The third kappa shape index (κ3) is 10.4. The molecule has 18 heteroatoms. The van der Waals surface area contributed by atoms with E-state index in [1.54, 1.807) is 42.6 Å². The van der Waals surface area contributed by atoms with Crippen molar-refractivity contribution in [3.63, 3.8) is 0 Å². The summed E-state index contributed by atoms with van der Waals surface area (Å²) in [5, 5.41) is 17.7. The van der Waals surface area contributed by atoms with Crippen molar-refractivity contribution in [2.45, 2.75) is 95.0 Å². The minimum atomic E-state index is -3.96.